The summed E-state index contributed by atoms with van der Waals surface area (Å²) in [5, 5.41) is 0.333. The van der Waals surface area contributed by atoms with Gasteiger partial charge in [-0.3, -0.25) is 0 Å². The molecule has 2 aromatic rings. The molecule has 0 spiro atoms. The molecule has 0 heterocycles. The summed E-state index contributed by atoms with van der Waals surface area (Å²) in [6, 6.07) is 10.4. The average Bonchev–Trinajstić information content (AvgIpc) is 2.35. The molecule has 0 saturated carbocycles. The number of hydrogen-bond acceptors (Lipinski definition) is 0. The standard InChI is InChI=1S/C14H10BrCl2F/c1-8-10(3-2-4-12(8)16)14(17)9-5-6-13(18)11(15)7-9/h2-7,14H,1H3. The van der Waals surface area contributed by atoms with Crippen LogP contribution in [0.1, 0.15) is 22.1 Å². The summed E-state index contributed by atoms with van der Waals surface area (Å²) in [5.74, 6) is -0.301. The minimum Gasteiger partial charge on any atom is -0.206 e. The van der Waals surface area contributed by atoms with E-state index in [0.29, 0.717) is 9.50 Å². The van der Waals surface area contributed by atoms with E-state index in [1.54, 1.807) is 12.1 Å². The molecule has 0 aromatic heterocycles. The maximum absolute atomic E-state index is 13.2. The van der Waals surface area contributed by atoms with E-state index < -0.39 is 0 Å². The Bertz CT molecular complexity index is 584. The van der Waals surface area contributed by atoms with E-state index in [0.717, 1.165) is 16.7 Å². The largest absolute Gasteiger partial charge is 0.206 e. The van der Waals surface area contributed by atoms with Crippen LogP contribution in [0.4, 0.5) is 4.39 Å². The van der Waals surface area contributed by atoms with Gasteiger partial charge in [-0.2, -0.15) is 0 Å². The SMILES string of the molecule is Cc1c(Cl)cccc1C(Cl)c1ccc(F)c(Br)c1. The fourth-order valence-corrected chi connectivity index (χ4v) is 2.70. The topological polar surface area (TPSA) is 0 Å². The first-order valence-corrected chi connectivity index (χ1v) is 6.95. The number of halogens is 4. The molecule has 0 fully saturated rings. The van der Waals surface area contributed by atoms with Gasteiger partial charge in [0, 0.05) is 5.02 Å². The molecule has 1 atom stereocenters. The van der Waals surface area contributed by atoms with Gasteiger partial charge >= 0.3 is 0 Å². The summed E-state index contributed by atoms with van der Waals surface area (Å²) in [6.45, 7) is 1.92. The second kappa shape index (κ2) is 5.60. The minimum absolute atomic E-state index is 0.301. The quantitative estimate of drug-likeness (QED) is 0.595. The van der Waals surface area contributed by atoms with Gasteiger partial charge < -0.3 is 0 Å². The normalized spacial score (nSPS) is 12.5. The highest BCUT2D eigenvalue weighted by molar-refractivity contribution is 9.10. The zero-order valence-electron chi connectivity index (χ0n) is 9.55. The smallest absolute Gasteiger partial charge is 0.137 e. The lowest BCUT2D eigenvalue weighted by Crippen LogP contribution is -1.97. The molecule has 2 rings (SSSR count). The Hall–Kier alpha value is -0.570. The Morgan fingerprint density at radius 2 is 1.94 bits per heavy atom. The molecule has 4 heteroatoms. The van der Waals surface area contributed by atoms with Crippen LogP contribution in [-0.4, -0.2) is 0 Å². The van der Waals surface area contributed by atoms with Gasteiger partial charge in [0.25, 0.3) is 0 Å². The summed E-state index contributed by atoms with van der Waals surface area (Å²) in [6.07, 6.45) is 0. The van der Waals surface area contributed by atoms with Gasteiger partial charge in [-0.25, -0.2) is 4.39 Å². The number of rotatable bonds is 2. The zero-order valence-corrected chi connectivity index (χ0v) is 12.7. The highest BCUT2D eigenvalue weighted by Gasteiger charge is 2.15. The zero-order chi connectivity index (χ0) is 13.3. The number of hydrogen-bond donors (Lipinski definition) is 0. The van der Waals surface area contributed by atoms with Gasteiger partial charge in [0.05, 0.1) is 9.85 Å². The van der Waals surface area contributed by atoms with Crippen LogP contribution < -0.4 is 0 Å². The Morgan fingerprint density at radius 3 is 2.61 bits per heavy atom. The Morgan fingerprint density at radius 1 is 1.22 bits per heavy atom. The van der Waals surface area contributed by atoms with Gasteiger partial charge in [-0.15, -0.1) is 11.6 Å². The highest BCUT2D eigenvalue weighted by Crippen LogP contribution is 2.34. The van der Waals surface area contributed by atoms with Crippen molar-refractivity contribution in [3.8, 4) is 0 Å². The van der Waals surface area contributed by atoms with Crippen molar-refractivity contribution in [1.82, 2.24) is 0 Å². The molecule has 0 amide bonds. The second-order valence-electron chi connectivity index (χ2n) is 3.99. The van der Waals surface area contributed by atoms with Crippen LogP contribution in [0.3, 0.4) is 0 Å². The molecule has 0 bridgehead atoms. The van der Waals surface area contributed by atoms with E-state index >= 15 is 0 Å². The first-order chi connectivity index (χ1) is 8.50. The molecule has 94 valence electrons. The molecule has 0 aliphatic heterocycles. The average molecular weight is 348 g/mol. The molecular weight excluding hydrogens is 338 g/mol. The Balaban J connectivity index is 2.44. The minimum atomic E-state index is -0.347. The van der Waals surface area contributed by atoms with Crippen molar-refractivity contribution in [1.29, 1.82) is 0 Å². The van der Waals surface area contributed by atoms with Crippen LogP contribution in [0.15, 0.2) is 40.9 Å². The third-order valence-corrected chi connectivity index (χ3v) is 4.32. The first kappa shape index (κ1) is 13.9. The molecule has 0 nitrogen and oxygen atoms in total. The van der Waals surface area contributed by atoms with Gasteiger partial charge in [0.1, 0.15) is 5.82 Å². The highest BCUT2D eigenvalue weighted by atomic mass is 79.9. The molecule has 0 saturated heterocycles. The summed E-state index contributed by atoms with van der Waals surface area (Å²) in [5.41, 5.74) is 2.71. The second-order valence-corrected chi connectivity index (χ2v) is 5.69. The molecule has 0 N–H and O–H groups in total. The van der Waals surface area contributed by atoms with Gasteiger partial charge in [-0.05, 0) is 57.7 Å². The molecule has 0 aliphatic rings. The monoisotopic (exact) mass is 346 g/mol. The third-order valence-electron chi connectivity index (χ3n) is 2.82. The van der Waals surface area contributed by atoms with Gasteiger partial charge in [0.2, 0.25) is 0 Å². The lowest BCUT2D eigenvalue weighted by atomic mass is 10.00. The number of benzene rings is 2. The van der Waals surface area contributed by atoms with Crippen LogP contribution in [0.2, 0.25) is 5.02 Å². The summed E-state index contributed by atoms with van der Waals surface area (Å²) < 4.78 is 13.6. The fourth-order valence-electron chi connectivity index (χ4n) is 1.75. The first-order valence-electron chi connectivity index (χ1n) is 5.34. The van der Waals surface area contributed by atoms with E-state index in [4.69, 9.17) is 23.2 Å². The maximum Gasteiger partial charge on any atom is 0.137 e. The molecule has 18 heavy (non-hydrogen) atoms. The predicted octanol–water partition coefficient (Wildman–Crippen LogP) is 5.88. The van der Waals surface area contributed by atoms with Crippen molar-refractivity contribution in [2.24, 2.45) is 0 Å². The van der Waals surface area contributed by atoms with Crippen LogP contribution in [0.5, 0.6) is 0 Å². The Labute approximate surface area is 124 Å². The van der Waals surface area contributed by atoms with Crippen LogP contribution in [0.25, 0.3) is 0 Å². The van der Waals surface area contributed by atoms with Crippen molar-refractivity contribution in [3.63, 3.8) is 0 Å². The molecule has 1 unspecified atom stereocenters. The van der Waals surface area contributed by atoms with Gasteiger partial charge in [-0.1, -0.05) is 29.8 Å². The lowest BCUT2D eigenvalue weighted by molar-refractivity contribution is 0.620. The summed E-state index contributed by atoms with van der Waals surface area (Å²) >= 11 is 15.7. The van der Waals surface area contributed by atoms with Gasteiger partial charge in [0.15, 0.2) is 0 Å². The lowest BCUT2D eigenvalue weighted by Gasteiger charge is -2.14. The van der Waals surface area contributed by atoms with Crippen LogP contribution in [-0.2, 0) is 0 Å². The van der Waals surface area contributed by atoms with Crippen molar-refractivity contribution in [2.75, 3.05) is 0 Å². The molecular formula is C14H10BrCl2F. The van der Waals surface area contributed by atoms with E-state index in [2.05, 4.69) is 15.9 Å². The molecule has 0 aliphatic carbocycles. The maximum atomic E-state index is 13.2. The third kappa shape index (κ3) is 2.71. The van der Waals surface area contributed by atoms with E-state index in [1.165, 1.54) is 6.07 Å². The van der Waals surface area contributed by atoms with E-state index in [9.17, 15) is 4.39 Å². The molecule has 2 aromatic carbocycles. The van der Waals surface area contributed by atoms with E-state index in [-0.39, 0.29) is 11.2 Å². The number of alkyl halides is 1. The van der Waals surface area contributed by atoms with Crippen molar-refractivity contribution in [2.45, 2.75) is 12.3 Å². The Kier molecular flexibility index (Phi) is 4.31. The van der Waals surface area contributed by atoms with Crippen molar-refractivity contribution < 1.29 is 4.39 Å². The van der Waals surface area contributed by atoms with Crippen LogP contribution >= 0.6 is 39.1 Å². The summed E-state index contributed by atoms with van der Waals surface area (Å²) in [7, 11) is 0. The van der Waals surface area contributed by atoms with E-state index in [1.807, 2.05) is 25.1 Å². The van der Waals surface area contributed by atoms with Crippen molar-refractivity contribution in [3.05, 3.63) is 68.4 Å². The molecule has 0 radical (unpaired) electrons. The van der Waals surface area contributed by atoms with Crippen molar-refractivity contribution >= 4 is 39.1 Å². The predicted molar refractivity (Wildman–Crippen MR) is 78.0 cm³/mol. The fraction of sp³-hybridized carbons (Fsp3) is 0.143. The summed E-state index contributed by atoms with van der Waals surface area (Å²) in [4.78, 5) is 0. The van der Waals surface area contributed by atoms with Crippen LogP contribution in [0, 0.1) is 12.7 Å².